The highest BCUT2D eigenvalue weighted by Gasteiger charge is 2.31. The van der Waals surface area contributed by atoms with Crippen molar-refractivity contribution < 1.29 is 39.6 Å². The number of carbonyl (C=O) groups is 4. The summed E-state index contributed by atoms with van der Waals surface area (Å²) in [5.41, 5.74) is 0. The predicted molar refractivity (Wildman–Crippen MR) is 50.5 cm³/mol. The van der Waals surface area contributed by atoms with E-state index in [9.17, 15) is 19.2 Å². The Hall–Kier alpha value is -2.16. The molecule has 9 heteroatoms. The topological polar surface area (TPSA) is 161 Å². The van der Waals surface area contributed by atoms with Crippen LogP contribution >= 0.6 is 0 Å². The summed E-state index contributed by atoms with van der Waals surface area (Å²) < 4.78 is 0. The lowest BCUT2D eigenvalue weighted by molar-refractivity contribution is -0.152. The van der Waals surface area contributed by atoms with Gasteiger partial charge in [-0.05, 0) is 6.42 Å². The van der Waals surface area contributed by atoms with Gasteiger partial charge in [0.05, 0.1) is 0 Å². The monoisotopic (exact) mass is 249 g/mol. The molecule has 0 aromatic rings. The Balaban J connectivity index is 4.61. The van der Waals surface area contributed by atoms with Gasteiger partial charge in [0.2, 0.25) is 6.04 Å². The summed E-state index contributed by atoms with van der Waals surface area (Å²) in [6.45, 7) is 0. The minimum absolute atomic E-state index is 0.415. The van der Waals surface area contributed by atoms with Crippen molar-refractivity contribution in [2.24, 2.45) is 0 Å². The minimum atomic E-state index is -2.09. The van der Waals surface area contributed by atoms with Gasteiger partial charge in [0.15, 0.2) is 0 Å². The van der Waals surface area contributed by atoms with Crippen LogP contribution in [0.2, 0.25) is 0 Å². The molecule has 0 heterocycles. The van der Waals surface area contributed by atoms with Gasteiger partial charge in [0.25, 0.3) is 0 Å². The zero-order valence-corrected chi connectivity index (χ0v) is 8.49. The minimum Gasteiger partial charge on any atom is -0.481 e. The van der Waals surface area contributed by atoms with Gasteiger partial charge < -0.3 is 20.4 Å². The number of carboxylic acid groups (broad SMARTS) is 4. The van der Waals surface area contributed by atoms with Gasteiger partial charge >= 0.3 is 23.9 Å². The van der Waals surface area contributed by atoms with Crippen molar-refractivity contribution in [1.29, 1.82) is 0 Å². The molecule has 0 rings (SSSR count). The van der Waals surface area contributed by atoms with E-state index in [1.165, 1.54) is 0 Å². The van der Waals surface area contributed by atoms with Crippen LogP contribution in [0.3, 0.4) is 0 Å². The maximum atomic E-state index is 10.7. The van der Waals surface area contributed by atoms with E-state index in [0.29, 0.717) is 0 Å². The second kappa shape index (κ2) is 6.43. The van der Waals surface area contributed by atoms with E-state index in [0.717, 1.165) is 0 Å². The first kappa shape index (κ1) is 14.8. The lowest BCUT2D eigenvalue weighted by atomic mass is 10.1. The van der Waals surface area contributed by atoms with Gasteiger partial charge in [-0.2, -0.15) is 0 Å². The van der Waals surface area contributed by atoms with Crippen molar-refractivity contribution in [1.82, 2.24) is 5.32 Å². The first-order valence-electron chi connectivity index (χ1n) is 4.42. The lowest BCUT2D eigenvalue weighted by Gasteiger charge is -2.16. The van der Waals surface area contributed by atoms with Gasteiger partial charge in [0, 0.05) is 6.42 Å². The number of carboxylic acids is 4. The van der Waals surface area contributed by atoms with Crippen LogP contribution in [0.5, 0.6) is 0 Å². The predicted octanol–water partition coefficient (Wildman–Crippen LogP) is -1.57. The molecule has 0 spiro atoms. The molecule has 0 aliphatic rings. The summed E-state index contributed by atoms with van der Waals surface area (Å²) in [6, 6.07) is -3.65. The van der Waals surface area contributed by atoms with Gasteiger partial charge in [-0.1, -0.05) is 0 Å². The third-order valence-corrected chi connectivity index (χ3v) is 1.81. The maximum Gasteiger partial charge on any atom is 0.332 e. The number of hydrogen-bond donors (Lipinski definition) is 5. The Morgan fingerprint density at radius 1 is 0.882 bits per heavy atom. The Kier molecular flexibility index (Phi) is 5.61. The van der Waals surface area contributed by atoms with E-state index < -0.39 is 48.8 Å². The largest absolute Gasteiger partial charge is 0.481 e. The van der Waals surface area contributed by atoms with Crippen LogP contribution in [-0.4, -0.2) is 56.4 Å². The van der Waals surface area contributed by atoms with E-state index in [2.05, 4.69) is 0 Å². The summed E-state index contributed by atoms with van der Waals surface area (Å²) in [6.07, 6.45) is -0.933. The molecule has 0 amide bonds. The molecule has 0 aromatic carbocycles. The molecule has 0 saturated carbocycles. The van der Waals surface area contributed by atoms with Gasteiger partial charge in [-0.3, -0.25) is 14.9 Å². The Bertz CT molecular complexity index is 324. The summed E-state index contributed by atoms with van der Waals surface area (Å²) in [7, 11) is 0. The summed E-state index contributed by atoms with van der Waals surface area (Å²) in [4.78, 5) is 41.8. The van der Waals surface area contributed by atoms with Crippen LogP contribution in [0.1, 0.15) is 12.8 Å². The summed E-state index contributed by atoms with van der Waals surface area (Å²) >= 11 is 0. The van der Waals surface area contributed by atoms with Crippen LogP contribution in [0.4, 0.5) is 0 Å². The molecule has 1 unspecified atom stereocenters. The smallest absolute Gasteiger partial charge is 0.332 e. The molecule has 0 aromatic heterocycles. The Labute approximate surface area is 94.7 Å². The van der Waals surface area contributed by atoms with Crippen LogP contribution in [0, 0.1) is 0 Å². The standard InChI is InChI=1S/C8H11NO8/c10-4(11)2-1-3(6(12)13)9-5(7(14)15)8(16)17/h3,5,9H,1-2H2,(H,10,11)(H,12,13)(H,14,15)(H,16,17). The zero-order chi connectivity index (χ0) is 13.6. The van der Waals surface area contributed by atoms with Crippen LogP contribution in [0.15, 0.2) is 0 Å². The van der Waals surface area contributed by atoms with Crippen molar-refractivity contribution >= 4 is 23.9 Å². The van der Waals surface area contributed by atoms with E-state index in [-0.39, 0.29) is 0 Å². The second-order valence-corrected chi connectivity index (χ2v) is 3.10. The van der Waals surface area contributed by atoms with Crippen molar-refractivity contribution in [2.75, 3.05) is 0 Å². The van der Waals surface area contributed by atoms with Crippen molar-refractivity contribution in [2.45, 2.75) is 24.9 Å². The molecule has 9 nitrogen and oxygen atoms in total. The van der Waals surface area contributed by atoms with Gasteiger partial charge in [0.1, 0.15) is 6.04 Å². The van der Waals surface area contributed by atoms with Crippen LogP contribution in [-0.2, 0) is 19.2 Å². The average Bonchev–Trinajstić information content (AvgIpc) is 2.15. The first-order valence-corrected chi connectivity index (χ1v) is 4.42. The third kappa shape index (κ3) is 5.47. The molecule has 1 atom stereocenters. The summed E-state index contributed by atoms with van der Waals surface area (Å²) in [5, 5.41) is 35.8. The molecule has 5 N–H and O–H groups in total. The second-order valence-electron chi connectivity index (χ2n) is 3.10. The number of aliphatic carboxylic acids is 4. The van der Waals surface area contributed by atoms with Crippen LogP contribution < -0.4 is 5.32 Å². The number of rotatable bonds is 8. The number of nitrogens with one attached hydrogen (secondary N) is 1. The van der Waals surface area contributed by atoms with Gasteiger partial charge in [-0.15, -0.1) is 0 Å². The number of hydrogen-bond acceptors (Lipinski definition) is 5. The highest BCUT2D eigenvalue weighted by molar-refractivity contribution is 5.97. The van der Waals surface area contributed by atoms with Crippen molar-refractivity contribution in [3.05, 3.63) is 0 Å². The molecule has 0 aliphatic heterocycles. The molecule has 0 saturated heterocycles. The molecule has 96 valence electrons. The van der Waals surface area contributed by atoms with E-state index in [4.69, 9.17) is 20.4 Å². The molecule has 0 aliphatic carbocycles. The molecule has 0 bridgehead atoms. The zero-order valence-electron chi connectivity index (χ0n) is 8.49. The summed E-state index contributed by atoms with van der Waals surface area (Å²) in [5.74, 6) is -6.28. The van der Waals surface area contributed by atoms with Crippen LogP contribution in [0.25, 0.3) is 0 Å². The average molecular weight is 249 g/mol. The normalized spacial score (nSPS) is 12.1. The van der Waals surface area contributed by atoms with E-state index >= 15 is 0 Å². The molecule has 0 fully saturated rings. The Morgan fingerprint density at radius 3 is 1.65 bits per heavy atom. The highest BCUT2D eigenvalue weighted by atomic mass is 16.4. The highest BCUT2D eigenvalue weighted by Crippen LogP contribution is 2.00. The Morgan fingerprint density at radius 2 is 1.35 bits per heavy atom. The molecule has 0 radical (unpaired) electrons. The fourth-order valence-electron chi connectivity index (χ4n) is 0.995. The quantitative estimate of drug-likeness (QED) is 0.320. The maximum absolute atomic E-state index is 10.7. The van der Waals surface area contributed by atoms with E-state index in [1.54, 1.807) is 0 Å². The van der Waals surface area contributed by atoms with E-state index in [1.807, 2.05) is 5.32 Å². The molecular formula is C8H11NO8. The third-order valence-electron chi connectivity index (χ3n) is 1.81. The van der Waals surface area contributed by atoms with Gasteiger partial charge in [-0.25, -0.2) is 9.59 Å². The SMILES string of the molecule is O=C(O)CCC(NC(C(=O)O)C(=O)O)C(=O)O. The fourth-order valence-corrected chi connectivity index (χ4v) is 0.995. The van der Waals surface area contributed by atoms with Crippen molar-refractivity contribution in [3.8, 4) is 0 Å². The first-order chi connectivity index (χ1) is 7.75. The fraction of sp³-hybridized carbons (Fsp3) is 0.500. The molecular weight excluding hydrogens is 238 g/mol. The molecule has 17 heavy (non-hydrogen) atoms. The lowest BCUT2D eigenvalue weighted by Crippen LogP contribution is -2.51. The van der Waals surface area contributed by atoms with Crippen molar-refractivity contribution in [3.63, 3.8) is 0 Å².